The van der Waals surface area contributed by atoms with Crippen LogP contribution in [0.15, 0.2) is 28.7 Å². The van der Waals surface area contributed by atoms with E-state index in [0.29, 0.717) is 11.1 Å². The molecule has 0 fully saturated rings. The standard InChI is InChI=1S/C14H18N2O3.C2HF3O2/c1-3-16(4-2)9-12-7-10-5-6-11(14(17)15-18)8-13(10)19-12;3-2(4,5)1(6)7/h5-8,18H,3-4,9H2,1-2H3,(H,15,17);(H,6,7). The van der Waals surface area contributed by atoms with Crippen LogP contribution >= 0.6 is 0 Å². The molecule has 0 saturated heterocycles. The van der Waals surface area contributed by atoms with Crippen molar-refractivity contribution >= 4 is 22.8 Å². The van der Waals surface area contributed by atoms with E-state index >= 15 is 0 Å². The number of carboxylic acids is 1. The molecular weight excluding hydrogens is 357 g/mol. The van der Waals surface area contributed by atoms with E-state index in [1.807, 2.05) is 12.1 Å². The summed E-state index contributed by atoms with van der Waals surface area (Å²) in [6.45, 7) is 6.90. The first-order chi connectivity index (χ1) is 12.1. The van der Waals surface area contributed by atoms with Gasteiger partial charge in [0.15, 0.2) is 0 Å². The van der Waals surface area contributed by atoms with Crippen molar-refractivity contribution < 1.29 is 37.5 Å². The minimum atomic E-state index is -5.08. The number of nitrogens with zero attached hydrogens (tertiary/aromatic N) is 1. The van der Waals surface area contributed by atoms with Crippen LogP contribution in [-0.4, -0.2) is 46.4 Å². The summed E-state index contributed by atoms with van der Waals surface area (Å²) in [6.07, 6.45) is -5.08. The third-order valence-corrected chi connectivity index (χ3v) is 3.45. The molecule has 1 aromatic heterocycles. The molecule has 2 aromatic rings. The Morgan fingerprint density at radius 1 is 1.19 bits per heavy atom. The monoisotopic (exact) mass is 376 g/mol. The van der Waals surface area contributed by atoms with Gasteiger partial charge in [0.05, 0.1) is 6.54 Å². The molecule has 0 bridgehead atoms. The lowest BCUT2D eigenvalue weighted by molar-refractivity contribution is -0.192. The number of hydroxylamine groups is 1. The van der Waals surface area contributed by atoms with Crippen LogP contribution in [0.3, 0.4) is 0 Å². The van der Waals surface area contributed by atoms with Gasteiger partial charge in [-0.15, -0.1) is 0 Å². The summed E-state index contributed by atoms with van der Waals surface area (Å²) in [5.41, 5.74) is 2.64. The number of amides is 1. The number of furan rings is 1. The average molecular weight is 376 g/mol. The van der Waals surface area contributed by atoms with E-state index in [9.17, 15) is 18.0 Å². The van der Waals surface area contributed by atoms with Gasteiger partial charge in [0, 0.05) is 10.9 Å². The maximum absolute atomic E-state index is 11.3. The van der Waals surface area contributed by atoms with Crippen molar-refractivity contribution in [2.45, 2.75) is 26.6 Å². The van der Waals surface area contributed by atoms with Gasteiger partial charge < -0.3 is 9.52 Å². The second-order valence-electron chi connectivity index (χ2n) is 5.17. The van der Waals surface area contributed by atoms with E-state index in [1.54, 1.807) is 17.6 Å². The van der Waals surface area contributed by atoms with E-state index in [4.69, 9.17) is 19.5 Å². The van der Waals surface area contributed by atoms with Crippen molar-refractivity contribution in [2.75, 3.05) is 13.1 Å². The number of halogens is 3. The van der Waals surface area contributed by atoms with E-state index < -0.39 is 18.1 Å². The Morgan fingerprint density at radius 3 is 2.23 bits per heavy atom. The maximum Gasteiger partial charge on any atom is 0.490 e. The van der Waals surface area contributed by atoms with Crippen molar-refractivity contribution in [1.29, 1.82) is 0 Å². The lowest BCUT2D eigenvalue weighted by Crippen LogP contribution is -2.21. The molecule has 10 heteroatoms. The zero-order chi connectivity index (χ0) is 19.9. The second kappa shape index (κ2) is 9.20. The van der Waals surface area contributed by atoms with E-state index in [-0.39, 0.29) is 0 Å². The van der Waals surface area contributed by atoms with Crippen LogP contribution in [0.1, 0.15) is 30.0 Å². The lowest BCUT2D eigenvalue weighted by Gasteiger charge is -2.15. The predicted octanol–water partition coefficient (Wildman–Crippen LogP) is 3.03. The largest absolute Gasteiger partial charge is 0.490 e. The highest BCUT2D eigenvalue weighted by atomic mass is 19.4. The van der Waals surface area contributed by atoms with Gasteiger partial charge in [-0.3, -0.25) is 14.9 Å². The van der Waals surface area contributed by atoms with E-state index in [0.717, 1.165) is 30.8 Å². The zero-order valence-electron chi connectivity index (χ0n) is 14.1. The normalized spacial score (nSPS) is 11.2. The number of carbonyl (C=O) groups is 2. The summed E-state index contributed by atoms with van der Waals surface area (Å²) in [6, 6.07) is 7.08. The Bertz CT molecular complexity index is 754. The van der Waals surface area contributed by atoms with Crippen molar-refractivity contribution in [3.8, 4) is 0 Å². The summed E-state index contributed by atoms with van der Waals surface area (Å²) in [5.74, 6) is -2.42. The fourth-order valence-corrected chi connectivity index (χ4v) is 2.04. The number of rotatable bonds is 5. The van der Waals surface area contributed by atoms with Crippen molar-refractivity contribution in [1.82, 2.24) is 10.4 Å². The zero-order valence-corrected chi connectivity index (χ0v) is 14.1. The number of fused-ring (bicyclic) bond motifs is 1. The van der Waals surface area contributed by atoms with Gasteiger partial charge in [0.1, 0.15) is 11.3 Å². The molecule has 0 atom stereocenters. The summed E-state index contributed by atoms with van der Waals surface area (Å²) in [4.78, 5) is 22.5. The summed E-state index contributed by atoms with van der Waals surface area (Å²) in [5, 5.41) is 16.7. The fourth-order valence-electron chi connectivity index (χ4n) is 2.04. The molecule has 1 amide bonds. The molecular formula is C16H19F3N2O5. The number of carbonyl (C=O) groups excluding carboxylic acids is 1. The number of aliphatic carboxylic acids is 1. The highest BCUT2D eigenvalue weighted by Crippen LogP contribution is 2.22. The van der Waals surface area contributed by atoms with Crippen LogP contribution in [-0.2, 0) is 11.3 Å². The molecule has 0 aliphatic carbocycles. The molecule has 2 rings (SSSR count). The topological polar surface area (TPSA) is 103 Å². The number of carboxylic acid groups (broad SMARTS) is 1. The molecule has 1 aromatic carbocycles. The van der Waals surface area contributed by atoms with Crippen molar-refractivity contribution in [2.24, 2.45) is 0 Å². The first kappa shape index (κ1) is 21.5. The second-order valence-corrected chi connectivity index (χ2v) is 5.17. The van der Waals surface area contributed by atoms with Gasteiger partial charge in [-0.25, -0.2) is 10.3 Å². The Morgan fingerprint density at radius 2 is 1.77 bits per heavy atom. The third-order valence-electron chi connectivity index (χ3n) is 3.45. The smallest absolute Gasteiger partial charge is 0.475 e. The highest BCUT2D eigenvalue weighted by molar-refractivity contribution is 5.96. The van der Waals surface area contributed by atoms with Gasteiger partial charge in [-0.2, -0.15) is 13.2 Å². The SMILES string of the molecule is CCN(CC)Cc1cc2ccc(C(=O)NO)cc2o1.O=C(O)C(F)(F)F. The molecule has 0 aliphatic rings. The van der Waals surface area contributed by atoms with Gasteiger partial charge in [0.25, 0.3) is 5.91 Å². The average Bonchev–Trinajstić information content (AvgIpc) is 3.00. The quantitative estimate of drug-likeness (QED) is 0.548. The molecule has 0 radical (unpaired) electrons. The Labute approximate surface area is 147 Å². The van der Waals surface area contributed by atoms with Gasteiger partial charge in [-0.1, -0.05) is 19.9 Å². The van der Waals surface area contributed by atoms with Crippen LogP contribution < -0.4 is 5.48 Å². The minimum absolute atomic E-state index is 0.374. The van der Waals surface area contributed by atoms with Crippen LogP contribution in [0.25, 0.3) is 11.0 Å². The van der Waals surface area contributed by atoms with Gasteiger partial charge >= 0.3 is 12.1 Å². The van der Waals surface area contributed by atoms with Crippen LogP contribution in [0.4, 0.5) is 13.2 Å². The number of hydrogen-bond donors (Lipinski definition) is 3. The van der Waals surface area contributed by atoms with Crippen molar-refractivity contribution in [3.63, 3.8) is 0 Å². The highest BCUT2D eigenvalue weighted by Gasteiger charge is 2.38. The molecule has 26 heavy (non-hydrogen) atoms. The molecule has 0 aliphatic heterocycles. The number of nitrogens with one attached hydrogen (secondary N) is 1. The van der Waals surface area contributed by atoms with Crippen LogP contribution in [0, 0.1) is 0 Å². The third kappa shape index (κ3) is 6.05. The van der Waals surface area contributed by atoms with Crippen molar-refractivity contribution in [3.05, 3.63) is 35.6 Å². The van der Waals surface area contributed by atoms with Gasteiger partial charge in [0.2, 0.25) is 0 Å². The Kier molecular flexibility index (Phi) is 7.59. The van der Waals surface area contributed by atoms with Crippen LogP contribution in [0.2, 0.25) is 0 Å². The molecule has 0 spiro atoms. The Hall–Kier alpha value is -2.59. The molecule has 1 heterocycles. The molecule has 7 nitrogen and oxygen atoms in total. The van der Waals surface area contributed by atoms with Gasteiger partial charge in [-0.05, 0) is 31.3 Å². The number of alkyl halides is 3. The summed E-state index contributed by atoms with van der Waals surface area (Å²) < 4.78 is 37.5. The minimum Gasteiger partial charge on any atom is -0.475 e. The van der Waals surface area contributed by atoms with Crippen LogP contribution in [0.5, 0.6) is 0 Å². The summed E-state index contributed by atoms with van der Waals surface area (Å²) >= 11 is 0. The van der Waals surface area contributed by atoms with E-state index in [2.05, 4.69) is 18.7 Å². The van der Waals surface area contributed by atoms with E-state index in [1.165, 1.54) is 0 Å². The summed E-state index contributed by atoms with van der Waals surface area (Å²) in [7, 11) is 0. The number of benzene rings is 1. The predicted molar refractivity (Wildman–Crippen MR) is 85.8 cm³/mol. The lowest BCUT2D eigenvalue weighted by atomic mass is 10.1. The first-order valence-corrected chi connectivity index (χ1v) is 7.61. The fraction of sp³-hybridized carbons (Fsp3) is 0.375. The number of hydrogen-bond acceptors (Lipinski definition) is 5. The molecule has 3 N–H and O–H groups in total. The molecule has 0 saturated carbocycles. The molecule has 144 valence electrons. The Balaban J connectivity index is 0.000000412. The first-order valence-electron chi connectivity index (χ1n) is 7.61. The molecule has 0 unspecified atom stereocenters. The maximum atomic E-state index is 11.3.